The van der Waals surface area contributed by atoms with Crippen molar-refractivity contribution in [3.05, 3.63) is 20.8 Å². The molecule has 2 rings (SSSR count). The van der Waals surface area contributed by atoms with E-state index in [1.165, 1.54) is 26.6 Å². The lowest BCUT2D eigenvalue weighted by Gasteiger charge is -2.17. The molecule has 4 heteroatoms. The van der Waals surface area contributed by atoms with Gasteiger partial charge < -0.3 is 5.32 Å². The van der Waals surface area contributed by atoms with Gasteiger partial charge >= 0.3 is 0 Å². The molecule has 14 heavy (non-hydrogen) atoms. The van der Waals surface area contributed by atoms with Crippen LogP contribution in [0.1, 0.15) is 24.3 Å². The van der Waals surface area contributed by atoms with E-state index < -0.39 is 0 Å². The van der Waals surface area contributed by atoms with Crippen LogP contribution in [0.5, 0.6) is 0 Å². The van der Waals surface area contributed by atoms with Crippen LogP contribution in [-0.2, 0) is 0 Å². The number of rotatable bonds is 1. The van der Waals surface area contributed by atoms with E-state index >= 15 is 0 Å². The third-order valence-corrected chi connectivity index (χ3v) is 5.23. The number of halogens is 1. The third kappa shape index (κ3) is 2.75. The molecule has 0 spiro atoms. The zero-order chi connectivity index (χ0) is 9.97. The predicted octanol–water partition coefficient (Wildman–Crippen LogP) is 3.67. The molecule has 1 aromatic rings. The van der Waals surface area contributed by atoms with Gasteiger partial charge in [0.05, 0.1) is 9.83 Å². The van der Waals surface area contributed by atoms with Crippen molar-refractivity contribution in [2.45, 2.75) is 25.4 Å². The van der Waals surface area contributed by atoms with Crippen molar-refractivity contribution in [2.75, 3.05) is 11.5 Å². The highest BCUT2D eigenvalue weighted by atomic mass is 79.9. The number of nitrogens with one attached hydrogen (secondary N) is 1. The number of thiophene rings is 1. The van der Waals surface area contributed by atoms with Gasteiger partial charge in [-0.3, -0.25) is 0 Å². The van der Waals surface area contributed by atoms with Crippen LogP contribution in [0.2, 0.25) is 0 Å². The molecule has 0 aliphatic carbocycles. The van der Waals surface area contributed by atoms with Crippen LogP contribution in [-0.4, -0.2) is 17.5 Å². The largest absolute Gasteiger partial charge is 0.306 e. The summed E-state index contributed by atoms with van der Waals surface area (Å²) in [6.45, 7) is 2.28. The lowest BCUT2D eigenvalue weighted by molar-refractivity contribution is 0.489. The minimum absolute atomic E-state index is 0.550. The van der Waals surface area contributed by atoms with Gasteiger partial charge in [0, 0.05) is 16.7 Å². The smallest absolute Gasteiger partial charge is 0.0701 e. The quantitative estimate of drug-likeness (QED) is 0.847. The fourth-order valence-corrected chi connectivity index (χ4v) is 4.40. The lowest BCUT2D eigenvalue weighted by Crippen LogP contribution is -2.29. The van der Waals surface area contributed by atoms with Crippen molar-refractivity contribution in [1.29, 1.82) is 0 Å². The van der Waals surface area contributed by atoms with Gasteiger partial charge in [-0.05, 0) is 47.2 Å². The molecule has 1 aliphatic heterocycles. The SMILES string of the molecule is CC1CCSCC(c2ccc(Br)s2)N1. The zero-order valence-corrected chi connectivity index (χ0v) is 11.3. The molecule has 1 nitrogen and oxygen atoms in total. The first-order chi connectivity index (χ1) is 6.75. The molecule has 2 heterocycles. The normalized spacial score (nSPS) is 28.7. The fraction of sp³-hybridized carbons (Fsp3) is 0.600. The van der Waals surface area contributed by atoms with Crippen molar-refractivity contribution >= 4 is 39.0 Å². The summed E-state index contributed by atoms with van der Waals surface area (Å²) >= 11 is 7.42. The molecule has 2 unspecified atom stereocenters. The summed E-state index contributed by atoms with van der Waals surface area (Å²) < 4.78 is 1.23. The maximum absolute atomic E-state index is 3.68. The second-order valence-corrected chi connectivity index (χ2v) is 7.27. The van der Waals surface area contributed by atoms with Gasteiger partial charge in [0.25, 0.3) is 0 Å². The van der Waals surface area contributed by atoms with Crippen molar-refractivity contribution in [3.8, 4) is 0 Å². The van der Waals surface area contributed by atoms with Crippen LogP contribution in [0.4, 0.5) is 0 Å². The highest BCUT2D eigenvalue weighted by molar-refractivity contribution is 9.11. The number of hydrogen-bond donors (Lipinski definition) is 1. The van der Waals surface area contributed by atoms with Gasteiger partial charge in [0.15, 0.2) is 0 Å². The first-order valence-electron chi connectivity index (χ1n) is 4.85. The zero-order valence-electron chi connectivity index (χ0n) is 8.13. The summed E-state index contributed by atoms with van der Waals surface area (Å²) in [6.07, 6.45) is 1.29. The average molecular weight is 292 g/mol. The summed E-state index contributed by atoms with van der Waals surface area (Å²) in [4.78, 5) is 1.46. The van der Waals surface area contributed by atoms with Crippen LogP contribution >= 0.6 is 39.0 Å². The minimum Gasteiger partial charge on any atom is -0.306 e. The monoisotopic (exact) mass is 291 g/mol. The molecule has 78 valence electrons. The van der Waals surface area contributed by atoms with E-state index in [0.29, 0.717) is 12.1 Å². The van der Waals surface area contributed by atoms with E-state index in [4.69, 9.17) is 0 Å². The second kappa shape index (κ2) is 5.01. The minimum atomic E-state index is 0.550. The summed E-state index contributed by atoms with van der Waals surface area (Å²) in [7, 11) is 0. The first-order valence-corrected chi connectivity index (χ1v) is 7.61. The van der Waals surface area contributed by atoms with Gasteiger partial charge in [-0.15, -0.1) is 11.3 Å². The Kier molecular flexibility index (Phi) is 3.93. The fourth-order valence-electron chi connectivity index (χ4n) is 1.62. The van der Waals surface area contributed by atoms with E-state index in [1.807, 2.05) is 11.3 Å². The van der Waals surface area contributed by atoms with Crippen molar-refractivity contribution in [2.24, 2.45) is 0 Å². The van der Waals surface area contributed by atoms with Crippen LogP contribution in [0.25, 0.3) is 0 Å². The molecule has 1 N–H and O–H groups in total. The highest BCUT2D eigenvalue weighted by Crippen LogP contribution is 2.31. The average Bonchev–Trinajstić information content (AvgIpc) is 2.45. The van der Waals surface area contributed by atoms with Gasteiger partial charge in [-0.25, -0.2) is 0 Å². The van der Waals surface area contributed by atoms with E-state index in [9.17, 15) is 0 Å². The summed E-state index contributed by atoms with van der Waals surface area (Å²) in [5, 5.41) is 3.68. The summed E-state index contributed by atoms with van der Waals surface area (Å²) in [6, 6.07) is 5.57. The van der Waals surface area contributed by atoms with E-state index in [0.717, 1.165) is 0 Å². The van der Waals surface area contributed by atoms with Gasteiger partial charge in [-0.2, -0.15) is 11.8 Å². The molecule has 0 aromatic carbocycles. The topological polar surface area (TPSA) is 12.0 Å². The summed E-state index contributed by atoms with van der Waals surface area (Å²) in [5.74, 6) is 2.49. The van der Waals surface area contributed by atoms with Gasteiger partial charge in [-0.1, -0.05) is 0 Å². The highest BCUT2D eigenvalue weighted by Gasteiger charge is 2.19. The molecule has 0 amide bonds. The Balaban J connectivity index is 2.08. The third-order valence-electron chi connectivity index (χ3n) is 2.40. The molecule has 1 aromatic heterocycles. The lowest BCUT2D eigenvalue weighted by atomic mass is 10.2. The second-order valence-electron chi connectivity index (χ2n) is 3.63. The molecule has 1 saturated heterocycles. The Labute approximate surface area is 102 Å². The van der Waals surface area contributed by atoms with E-state index in [2.05, 4.69) is 52.1 Å². The van der Waals surface area contributed by atoms with Crippen molar-refractivity contribution in [1.82, 2.24) is 5.32 Å². The molecule has 0 bridgehead atoms. The Morgan fingerprint density at radius 3 is 3.07 bits per heavy atom. The number of thioether (sulfide) groups is 1. The maximum Gasteiger partial charge on any atom is 0.0701 e. The Bertz CT molecular complexity index is 300. The van der Waals surface area contributed by atoms with Gasteiger partial charge in [0.1, 0.15) is 0 Å². The molecular formula is C10H14BrNS2. The molecule has 2 atom stereocenters. The van der Waals surface area contributed by atoms with Crippen molar-refractivity contribution in [3.63, 3.8) is 0 Å². The molecule has 0 radical (unpaired) electrons. The molecular weight excluding hydrogens is 278 g/mol. The van der Waals surface area contributed by atoms with Crippen LogP contribution in [0, 0.1) is 0 Å². The van der Waals surface area contributed by atoms with E-state index in [1.54, 1.807) is 0 Å². The molecule has 0 saturated carbocycles. The predicted molar refractivity (Wildman–Crippen MR) is 69.3 cm³/mol. The number of hydrogen-bond acceptors (Lipinski definition) is 3. The Morgan fingerprint density at radius 1 is 1.50 bits per heavy atom. The first kappa shape index (κ1) is 11.0. The van der Waals surface area contributed by atoms with E-state index in [-0.39, 0.29) is 0 Å². The summed E-state index contributed by atoms with van der Waals surface area (Å²) in [5.41, 5.74) is 0. The van der Waals surface area contributed by atoms with Gasteiger partial charge in [0.2, 0.25) is 0 Å². The van der Waals surface area contributed by atoms with Crippen LogP contribution < -0.4 is 5.32 Å². The Hall–Kier alpha value is 0.490. The van der Waals surface area contributed by atoms with Crippen LogP contribution in [0.15, 0.2) is 15.9 Å². The molecule has 1 fully saturated rings. The Morgan fingerprint density at radius 2 is 2.36 bits per heavy atom. The standard InChI is InChI=1S/C10H14BrNS2/c1-7-4-5-13-6-8(12-7)9-2-3-10(11)14-9/h2-3,7-8,12H,4-6H2,1H3. The maximum atomic E-state index is 3.68. The molecule has 1 aliphatic rings. The van der Waals surface area contributed by atoms with Crippen LogP contribution in [0.3, 0.4) is 0 Å². The van der Waals surface area contributed by atoms with Crippen molar-refractivity contribution < 1.29 is 0 Å².